The van der Waals surface area contributed by atoms with Crippen LogP contribution in [0, 0.1) is 10.1 Å². The van der Waals surface area contributed by atoms with Crippen molar-refractivity contribution in [1.29, 1.82) is 0 Å². The minimum Gasteiger partial charge on any atom is -0.328 e. The molecule has 0 bridgehead atoms. The number of benzene rings is 2. The Labute approximate surface area is 192 Å². The van der Waals surface area contributed by atoms with Crippen molar-refractivity contribution in [3.8, 4) is 0 Å². The second kappa shape index (κ2) is 8.40. The van der Waals surface area contributed by atoms with Crippen molar-refractivity contribution < 1.29 is 9.72 Å². The summed E-state index contributed by atoms with van der Waals surface area (Å²) in [6.07, 6.45) is 2.01. The first kappa shape index (κ1) is 20.7. The first-order chi connectivity index (χ1) is 15.5. The van der Waals surface area contributed by atoms with E-state index in [1.807, 2.05) is 24.3 Å². The number of rotatable bonds is 5. The Balaban J connectivity index is 1.49. The number of thioether (sulfide) groups is 1. The maximum Gasteiger partial charge on any atom is 0.269 e. The zero-order valence-electron chi connectivity index (χ0n) is 16.8. The van der Waals surface area contributed by atoms with Gasteiger partial charge < -0.3 is 5.32 Å². The summed E-state index contributed by atoms with van der Waals surface area (Å²) in [6.45, 7) is 0. The highest BCUT2D eigenvalue weighted by atomic mass is 35.5. The molecule has 3 aromatic rings. The Kier molecular flexibility index (Phi) is 5.44. The zero-order chi connectivity index (χ0) is 22.2. The number of carbonyl (C=O) groups is 1. The molecule has 1 atom stereocenters. The van der Waals surface area contributed by atoms with Gasteiger partial charge in [0.2, 0.25) is 11.1 Å². The average Bonchev–Trinajstić information content (AvgIpc) is 3.20. The third-order valence-electron chi connectivity index (χ3n) is 5.55. The number of hydrogen-bond acceptors (Lipinski definition) is 7. The minimum absolute atomic E-state index is 0.00452. The molecule has 0 radical (unpaired) electrons. The fourth-order valence-corrected chi connectivity index (χ4v) is 4.92. The summed E-state index contributed by atoms with van der Waals surface area (Å²) in [6, 6.07) is 13.4. The summed E-state index contributed by atoms with van der Waals surface area (Å²) in [5.74, 6) is 1.31. The van der Waals surface area contributed by atoms with Gasteiger partial charge in [-0.2, -0.15) is 4.98 Å². The first-order valence-corrected chi connectivity index (χ1v) is 11.5. The summed E-state index contributed by atoms with van der Waals surface area (Å²) in [5, 5.41) is 20.3. The Bertz CT molecular complexity index is 1240. The topological polar surface area (TPSA) is 103 Å². The van der Waals surface area contributed by atoms with Crippen LogP contribution >= 0.6 is 23.4 Å². The standard InChI is InChI=1S/C22H18ClN5O3S/c23-15-8-4-13(5-9-15)12-32-22-25-21-24-17-2-1-3-18(29)19(17)20(27(21)26-22)14-6-10-16(11-7-14)28(30)31/h4-11,20H,1-3,12H2,(H,24,25,26)/t20-/m0/s1. The second-order valence-corrected chi connectivity index (χ2v) is 9.00. The van der Waals surface area contributed by atoms with Crippen molar-refractivity contribution in [3.05, 3.63) is 86.1 Å². The number of allylic oxidation sites excluding steroid dienone is 2. The average molecular weight is 468 g/mol. The van der Waals surface area contributed by atoms with Crippen LogP contribution in [0.5, 0.6) is 0 Å². The second-order valence-electron chi connectivity index (χ2n) is 7.62. The van der Waals surface area contributed by atoms with Crippen LogP contribution in [-0.4, -0.2) is 25.5 Å². The number of nitrogens with zero attached hydrogens (tertiary/aromatic N) is 4. The molecule has 2 aromatic carbocycles. The molecular weight excluding hydrogens is 450 g/mol. The van der Waals surface area contributed by atoms with Gasteiger partial charge in [-0.05, 0) is 48.2 Å². The zero-order valence-corrected chi connectivity index (χ0v) is 18.4. The number of halogens is 1. The van der Waals surface area contributed by atoms with Gasteiger partial charge >= 0.3 is 0 Å². The van der Waals surface area contributed by atoms with Crippen molar-refractivity contribution in [2.24, 2.45) is 0 Å². The van der Waals surface area contributed by atoms with Gasteiger partial charge in [0.15, 0.2) is 5.78 Å². The Hall–Kier alpha value is -3.17. The van der Waals surface area contributed by atoms with Gasteiger partial charge in [0, 0.05) is 40.6 Å². The van der Waals surface area contributed by atoms with E-state index in [9.17, 15) is 14.9 Å². The van der Waals surface area contributed by atoms with Gasteiger partial charge in [-0.1, -0.05) is 35.5 Å². The highest BCUT2D eigenvalue weighted by Gasteiger charge is 2.37. The molecule has 1 aliphatic heterocycles. The molecule has 32 heavy (non-hydrogen) atoms. The normalized spacial score (nSPS) is 17.5. The van der Waals surface area contributed by atoms with Crippen molar-refractivity contribution >= 4 is 40.8 Å². The number of nitrogens with one attached hydrogen (secondary N) is 1. The van der Waals surface area contributed by atoms with Gasteiger partial charge in [-0.25, -0.2) is 4.68 Å². The molecule has 0 saturated heterocycles. The molecular formula is C22H18ClN5O3S. The summed E-state index contributed by atoms with van der Waals surface area (Å²) in [4.78, 5) is 28.1. The number of nitro benzene ring substituents is 1. The molecule has 8 nitrogen and oxygen atoms in total. The van der Waals surface area contributed by atoms with Crippen LogP contribution in [0.1, 0.15) is 36.4 Å². The predicted molar refractivity (Wildman–Crippen MR) is 122 cm³/mol. The molecule has 2 aliphatic rings. The van der Waals surface area contributed by atoms with Gasteiger partial charge in [-0.15, -0.1) is 5.10 Å². The van der Waals surface area contributed by atoms with E-state index < -0.39 is 11.0 Å². The fraction of sp³-hybridized carbons (Fsp3) is 0.227. The first-order valence-electron chi connectivity index (χ1n) is 10.1. The lowest BCUT2D eigenvalue weighted by Gasteiger charge is -2.32. The number of aromatic nitrogens is 3. The number of hydrogen-bond donors (Lipinski definition) is 1. The van der Waals surface area contributed by atoms with Gasteiger partial charge in [0.05, 0.1) is 4.92 Å². The molecule has 0 amide bonds. The van der Waals surface area contributed by atoms with Gasteiger partial charge in [-0.3, -0.25) is 14.9 Å². The predicted octanol–water partition coefficient (Wildman–Crippen LogP) is 5.15. The molecule has 0 unspecified atom stereocenters. The maximum atomic E-state index is 12.9. The van der Waals surface area contributed by atoms with Crippen LogP contribution in [-0.2, 0) is 10.5 Å². The quantitative estimate of drug-likeness (QED) is 0.314. The molecule has 0 fully saturated rings. The van der Waals surface area contributed by atoms with Crippen LogP contribution in [0.4, 0.5) is 11.6 Å². The number of carbonyl (C=O) groups excluding carboxylic acids is 1. The largest absolute Gasteiger partial charge is 0.328 e. The van der Waals surface area contributed by atoms with Crippen molar-refractivity contribution in [2.45, 2.75) is 36.2 Å². The number of fused-ring (bicyclic) bond motifs is 1. The maximum absolute atomic E-state index is 12.9. The number of anilines is 1. The smallest absolute Gasteiger partial charge is 0.269 e. The monoisotopic (exact) mass is 467 g/mol. The molecule has 1 N–H and O–H groups in total. The number of nitro groups is 1. The molecule has 162 valence electrons. The van der Waals surface area contributed by atoms with Crippen LogP contribution < -0.4 is 5.32 Å². The van der Waals surface area contributed by atoms with E-state index in [4.69, 9.17) is 11.6 Å². The molecule has 0 spiro atoms. The van der Waals surface area contributed by atoms with Crippen LogP contribution in [0.3, 0.4) is 0 Å². The molecule has 10 heteroatoms. The molecule has 0 saturated carbocycles. The van der Waals surface area contributed by atoms with Crippen molar-refractivity contribution in [2.75, 3.05) is 5.32 Å². The Morgan fingerprint density at radius 1 is 1.16 bits per heavy atom. The Morgan fingerprint density at radius 3 is 2.62 bits per heavy atom. The highest BCUT2D eigenvalue weighted by molar-refractivity contribution is 7.98. The summed E-state index contributed by atoms with van der Waals surface area (Å²) < 4.78 is 1.72. The highest BCUT2D eigenvalue weighted by Crippen LogP contribution is 2.41. The summed E-state index contributed by atoms with van der Waals surface area (Å²) >= 11 is 7.45. The van der Waals surface area contributed by atoms with E-state index in [-0.39, 0.29) is 11.5 Å². The lowest BCUT2D eigenvalue weighted by molar-refractivity contribution is -0.384. The number of Topliss-reactive ketones (excluding diaryl/α,β-unsaturated/α-hetero) is 1. The van der Waals surface area contributed by atoms with E-state index in [0.29, 0.717) is 33.9 Å². The van der Waals surface area contributed by atoms with Crippen molar-refractivity contribution in [1.82, 2.24) is 14.8 Å². The summed E-state index contributed by atoms with van der Waals surface area (Å²) in [5.41, 5.74) is 3.39. The third kappa shape index (κ3) is 3.89. The van der Waals surface area contributed by atoms with E-state index in [1.165, 1.54) is 23.9 Å². The molecule has 1 aliphatic carbocycles. The fourth-order valence-electron chi connectivity index (χ4n) is 4.01. The minimum atomic E-state index is -0.466. The third-order valence-corrected chi connectivity index (χ3v) is 6.71. The molecule has 2 heterocycles. The number of non-ortho nitro benzene ring substituents is 1. The van der Waals surface area contributed by atoms with Crippen LogP contribution in [0.15, 0.2) is 65.0 Å². The lowest BCUT2D eigenvalue weighted by Crippen LogP contribution is -2.31. The number of ketones is 1. The Morgan fingerprint density at radius 2 is 1.91 bits per heavy atom. The van der Waals surface area contributed by atoms with E-state index >= 15 is 0 Å². The lowest BCUT2D eigenvalue weighted by atomic mass is 9.85. The molecule has 1 aromatic heterocycles. The van der Waals surface area contributed by atoms with Gasteiger partial charge in [0.25, 0.3) is 5.69 Å². The van der Waals surface area contributed by atoms with Crippen LogP contribution in [0.25, 0.3) is 0 Å². The van der Waals surface area contributed by atoms with Crippen LogP contribution in [0.2, 0.25) is 5.02 Å². The SMILES string of the molecule is O=C1CCCC2=C1[C@H](c1ccc([N+](=O)[O-])cc1)n1nc(SCc3ccc(Cl)cc3)nc1N2. The van der Waals surface area contributed by atoms with E-state index in [2.05, 4.69) is 15.4 Å². The summed E-state index contributed by atoms with van der Waals surface area (Å²) in [7, 11) is 0. The molecule has 5 rings (SSSR count). The van der Waals surface area contributed by atoms with E-state index in [0.717, 1.165) is 29.7 Å². The van der Waals surface area contributed by atoms with Gasteiger partial charge in [0.1, 0.15) is 6.04 Å². The van der Waals surface area contributed by atoms with E-state index in [1.54, 1.807) is 16.8 Å². The van der Waals surface area contributed by atoms with Crippen molar-refractivity contribution in [3.63, 3.8) is 0 Å².